The van der Waals surface area contributed by atoms with Crippen molar-refractivity contribution in [2.75, 3.05) is 18.1 Å². The molecule has 5 heteroatoms. The minimum Gasteiger partial charge on any atom is -0.398 e. The van der Waals surface area contributed by atoms with Gasteiger partial charge in [-0.05, 0) is 30.7 Å². The molecule has 0 aliphatic heterocycles. The van der Waals surface area contributed by atoms with Crippen molar-refractivity contribution in [3.05, 3.63) is 59.2 Å². The quantitative estimate of drug-likeness (QED) is 0.755. The third-order valence-electron chi connectivity index (χ3n) is 3.18. The van der Waals surface area contributed by atoms with Crippen molar-refractivity contribution in [3.8, 4) is 0 Å². The Labute approximate surface area is 123 Å². The molecule has 5 nitrogen and oxygen atoms in total. The van der Waals surface area contributed by atoms with Crippen LogP contribution in [0.3, 0.4) is 0 Å². The SMILES string of the molecule is CNC(=O)c1ccccc1NC(=O)c1c(C)cccc1N. The Morgan fingerprint density at radius 2 is 1.71 bits per heavy atom. The smallest absolute Gasteiger partial charge is 0.258 e. The summed E-state index contributed by atoms with van der Waals surface area (Å²) in [6, 6.07) is 12.1. The largest absolute Gasteiger partial charge is 0.398 e. The molecule has 0 atom stereocenters. The zero-order valence-electron chi connectivity index (χ0n) is 11.9. The lowest BCUT2D eigenvalue weighted by Crippen LogP contribution is -2.22. The van der Waals surface area contributed by atoms with Crippen LogP contribution >= 0.6 is 0 Å². The van der Waals surface area contributed by atoms with Crippen molar-refractivity contribution < 1.29 is 9.59 Å². The molecule has 108 valence electrons. The fourth-order valence-corrected chi connectivity index (χ4v) is 2.11. The molecule has 0 bridgehead atoms. The molecule has 2 aromatic rings. The van der Waals surface area contributed by atoms with Crippen LogP contribution in [-0.2, 0) is 0 Å². The van der Waals surface area contributed by atoms with Crippen molar-refractivity contribution in [1.29, 1.82) is 0 Å². The summed E-state index contributed by atoms with van der Waals surface area (Å²) in [7, 11) is 1.54. The number of benzene rings is 2. The summed E-state index contributed by atoms with van der Waals surface area (Å²) in [6.07, 6.45) is 0. The molecule has 0 saturated carbocycles. The second-order valence-corrected chi connectivity index (χ2v) is 4.62. The van der Waals surface area contributed by atoms with E-state index < -0.39 is 0 Å². The highest BCUT2D eigenvalue weighted by Crippen LogP contribution is 2.20. The maximum Gasteiger partial charge on any atom is 0.258 e. The number of para-hydroxylation sites is 1. The van der Waals surface area contributed by atoms with E-state index in [2.05, 4.69) is 10.6 Å². The lowest BCUT2D eigenvalue weighted by Gasteiger charge is -2.12. The van der Waals surface area contributed by atoms with E-state index in [1.165, 1.54) is 0 Å². The first kappa shape index (κ1) is 14.6. The second kappa shape index (κ2) is 6.09. The summed E-state index contributed by atoms with van der Waals surface area (Å²) in [6.45, 7) is 1.82. The second-order valence-electron chi connectivity index (χ2n) is 4.62. The average Bonchev–Trinajstić information content (AvgIpc) is 2.47. The Morgan fingerprint density at radius 3 is 2.38 bits per heavy atom. The summed E-state index contributed by atoms with van der Waals surface area (Å²) in [5.41, 5.74) is 8.32. The molecule has 0 aromatic heterocycles. The minimum atomic E-state index is -0.332. The van der Waals surface area contributed by atoms with Gasteiger partial charge in [0, 0.05) is 12.7 Å². The van der Waals surface area contributed by atoms with Gasteiger partial charge in [-0.3, -0.25) is 9.59 Å². The molecule has 0 radical (unpaired) electrons. The zero-order chi connectivity index (χ0) is 15.4. The molecular formula is C16H17N3O2. The summed E-state index contributed by atoms with van der Waals surface area (Å²) in [5, 5.41) is 5.29. The van der Waals surface area contributed by atoms with Crippen LogP contribution in [0.5, 0.6) is 0 Å². The van der Waals surface area contributed by atoms with Gasteiger partial charge in [0.25, 0.3) is 11.8 Å². The van der Waals surface area contributed by atoms with Gasteiger partial charge in [0.1, 0.15) is 0 Å². The predicted octanol–water partition coefficient (Wildman–Crippen LogP) is 2.19. The number of carbonyl (C=O) groups excluding carboxylic acids is 2. The van der Waals surface area contributed by atoms with Gasteiger partial charge in [-0.2, -0.15) is 0 Å². The van der Waals surface area contributed by atoms with Gasteiger partial charge in [0.05, 0.1) is 16.8 Å². The summed E-state index contributed by atoms with van der Waals surface area (Å²) in [4.78, 5) is 24.2. The molecule has 4 N–H and O–H groups in total. The Morgan fingerprint density at radius 1 is 1.00 bits per heavy atom. The molecule has 0 aliphatic rings. The number of nitrogens with two attached hydrogens (primary N) is 1. The first-order chi connectivity index (χ1) is 10.0. The Hall–Kier alpha value is -2.82. The highest BCUT2D eigenvalue weighted by molar-refractivity contribution is 6.11. The van der Waals surface area contributed by atoms with Gasteiger partial charge in [-0.15, -0.1) is 0 Å². The Kier molecular flexibility index (Phi) is 4.23. The number of carbonyl (C=O) groups is 2. The fourth-order valence-electron chi connectivity index (χ4n) is 2.11. The molecule has 2 amide bonds. The topological polar surface area (TPSA) is 84.2 Å². The number of hydrogen-bond acceptors (Lipinski definition) is 3. The third-order valence-corrected chi connectivity index (χ3v) is 3.18. The number of anilines is 2. The fraction of sp³-hybridized carbons (Fsp3) is 0.125. The average molecular weight is 283 g/mol. The normalized spacial score (nSPS) is 10.0. The van der Waals surface area contributed by atoms with Crippen molar-refractivity contribution in [3.63, 3.8) is 0 Å². The first-order valence-corrected chi connectivity index (χ1v) is 6.52. The van der Waals surface area contributed by atoms with Crippen LogP contribution in [0.2, 0.25) is 0 Å². The lowest BCUT2D eigenvalue weighted by molar-refractivity contribution is 0.0964. The Balaban J connectivity index is 2.35. The molecule has 0 saturated heterocycles. The molecule has 2 rings (SSSR count). The summed E-state index contributed by atoms with van der Waals surface area (Å²) < 4.78 is 0. The van der Waals surface area contributed by atoms with Gasteiger partial charge in [0.15, 0.2) is 0 Å². The van der Waals surface area contributed by atoms with Crippen LogP contribution in [-0.4, -0.2) is 18.9 Å². The van der Waals surface area contributed by atoms with E-state index in [0.717, 1.165) is 5.56 Å². The molecule has 21 heavy (non-hydrogen) atoms. The van der Waals surface area contributed by atoms with Crippen molar-refractivity contribution in [1.82, 2.24) is 5.32 Å². The zero-order valence-corrected chi connectivity index (χ0v) is 11.9. The van der Waals surface area contributed by atoms with Crippen LogP contribution in [0.15, 0.2) is 42.5 Å². The highest BCUT2D eigenvalue weighted by atomic mass is 16.2. The number of aryl methyl sites for hydroxylation is 1. The summed E-state index contributed by atoms with van der Waals surface area (Å²) >= 11 is 0. The van der Waals surface area contributed by atoms with Crippen LogP contribution in [0, 0.1) is 6.92 Å². The number of hydrogen-bond donors (Lipinski definition) is 3. The van der Waals surface area contributed by atoms with Gasteiger partial charge < -0.3 is 16.4 Å². The highest BCUT2D eigenvalue weighted by Gasteiger charge is 2.16. The van der Waals surface area contributed by atoms with Crippen LogP contribution in [0.4, 0.5) is 11.4 Å². The standard InChI is InChI=1S/C16H17N3O2/c1-10-6-5-8-12(17)14(10)16(21)19-13-9-4-3-7-11(13)15(20)18-2/h3-9H,17H2,1-2H3,(H,18,20)(H,19,21). The maximum atomic E-state index is 12.4. The van der Waals surface area contributed by atoms with Crippen LogP contribution < -0.4 is 16.4 Å². The minimum absolute atomic E-state index is 0.261. The number of amides is 2. The maximum absolute atomic E-state index is 12.4. The summed E-state index contributed by atoms with van der Waals surface area (Å²) in [5.74, 6) is -0.592. The van der Waals surface area contributed by atoms with Gasteiger partial charge in [0.2, 0.25) is 0 Å². The monoisotopic (exact) mass is 283 g/mol. The van der Waals surface area contributed by atoms with E-state index in [-0.39, 0.29) is 11.8 Å². The molecule has 0 heterocycles. The Bertz CT molecular complexity index is 675. The number of nitrogen functional groups attached to an aromatic ring is 1. The van der Waals surface area contributed by atoms with Gasteiger partial charge >= 0.3 is 0 Å². The van der Waals surface area contributed by atoms with Crippen LogP contribution in [0.1, 0.15) is 26.3 Å². The molecule has 0 fully saturated rings. The first-order valence-electron chi connectivity index (χ1n) is 6.52. The van der Waals surface area contributed by atoms with E-state index in [0.29, 0.717) is 22.5 Å². The van der Waals surface area contributed by atoms with E-state index in [9.17, 15) is 9.59 Å². The lowest BCUT2D eigenvalue weighted by atomic mass is 10.1. The van der Waals surface area contributed by atoms with Gasteiger partial charge in [-0.1, -0.05) is 24.3 Å². The van der Waals surface area contributed by atoms with Crippen molar-refractivity contribution in [2.24, 2.45) is 0 Å². The predicted molar refractivity (Wildman–Crippen MR) is 83.4 cm³/mol. The van der Waals surface area contributed by atoms with Crippen LogP contribution in [0.25, 0.3) is 0 Å². The number of rotatable bonds is 3. The van der Waals surface area contributed by atoms with E-state index in [1.807, 2.05) is 13.0 Å². The third kappa shape index (κ3) is 3.02. The molecule has 0 spiro atoms. The molecule has 0 unspecified atom stereocenters. The van der Waals surface area contributed by atoms with Crippen molar-refractivity contribution in [2.45, 2.75) is 6.92 Å². The van der Waals surface area contributed by atoms with E-state index in [1.54, 1.807) is 43.4 Å². The molecule has 2 aromatic carbocycles. The van der Waals surface area contributed by atoms with Crippen molar-refractivity contribution >= 4 is 23.2 Å². The number of nitrogens with one attached hydrogen (secondary N) is 2. The molecular weight excluding hydrogens is 266 g/mol. The van der Waals surface area contributed by atoms with E-state index in [4.69, 9.17) is 5.73 Å². The van der Waals surface area contributed by atoms with E-state index >= 15 is 0 Å². The molecule has 0 aliphatic carbocycles. The van der Waals surface area contributed by atoms with Gasteiger partial charge in [-0.25, -0.2) is 0 Å².